The first-order valence-corrected chi connectivity index (χ1v) is 5.39. The number of carbonyl (C=O) groups is 1. The Balaban J connectivity index is 0.00000162. The minimum atomic E-state index is -0.240. The number of aromatic nitrogens is 1. The zero-order valence-corrected chi connectivity index (χ0v) is 10.7. The van der Waals surface area contributed by atoms with Crippen LogP contribution in [0.3, 0.4) is 0 Å². The van der Waals surface area contributed by atoms with E-state index < -0.39 is 0 Å². The molecule has 0 N–H and O–H groups in total. The summed E-state index contributed by atoms with van der Waals surface area (Å²) >= 11 is 0. The molecule has 0 fully saturated rings. The van der Waals surface area contributed by atoms with Gasteiger partial charge in [0, 0.05) is 11.6 Å². The number of pyridine rings is 1. The lowest BCUT2D eigenvalue weighted by Gasteiger charge is -1.99. The largest absolute Gasteiger partial charge is 1.00 e. The summed E-state index contributed by atoms with van der Waals surface area (Å²) in [5, 5.41) is 0. The molecule has 1 heterocycles. The Morgan fingerprint density at radius 1 is 1.22 bits per heavy atom. The summed E-state index contributed by atoms with van der Waals surface area (Å²) in [5.74, 6) is -0.199. The molecule has 4 heteroatoms. The van der Waals surface area contributed by atoms with E-state index >= 15 is 0 Å². The first-order valence-electron chi connectivity index (χ1n) is 5.39. The zero-order chi connectivity index (χ0) is 12.3. The molecule has 18 heavy (non-hydrogen) atoms. The Morgan fingerprint density at radius 2 is 1.89 bits per heavy atom. The van der Waals surface area contributed by atoms with Gasteiger partial charge in [0.05, 0.1) is 5.56 Å². The summed E-state index contributed by atoms with van der Waals surface area (Å²) in [5.41, 5.74) is 1.67. The van der Waals surface area contributed by atoms with Crippen LogP contribution < -0.4 is 17.0 Å². The van der Waals surface area contributed by atoms with Gasteiger partial charge in [-0.2, -0.15) is 0 Å². The van der Waals surface area contributed by atoms with E-state index in [-0.39, 0.29) is 24.0 Å². The fourth-order valence-electron chi connectivity index (χ4n) is 1.63. The summed E-state index contributed by atoms with van der Waals surface area (Å²) in [4.78, 5) is 11.2. The van der Waals surface area contributed by atoms with E-state index in [4.69, 9.17) is 0 Å². The maximum absolute atomic E-state index is 12.7. The Morgan fingerprint density at radius 3 is 2.50 bits per heavy atom. The van der Waals surface area contributed by atoms with E-state index in [0.29, 0.717) is 12.1 Å². The monoisotopic (exact) mass is 265 g/mol. The van der Waals surface area contributed by atoms with Crippen LogP contribution >= 0.6 is 0 Å². The molecule has 2 rings (SSSR count). The Labute approximate surface area is 111 Å². The second kappa shape index (κ2) is 6.26. The van der Waals surface area contributed by atoms with E-state index in [1.807, 2.05) is 16.8 Å². The van der Waals surface area contributed by atoms with Crippen molar-refractivity contribution in [3.05, 3.63) is 65.7 Å². The number of rotatable bonds is 3. The summed E-state index contributed by atoms with van der Waals surface area (Å²) < 4.78 is 14.7. The predicted molar refractivity (Wildman–Crippen MR) is 62.1 cm³/mol. The lowest BCUT2D eigenvalue weighted by atomic mass is 10.2. The first kappa shape index (κ1) is 14.3. The van der Waals surface area contributed by atoms with Crippen LogP contribution in [0.5, 0.6) is 0 Å². The molecule has 0 bridgehead atoms. The fraction of sp³-hybridized carbons (Fsp3) is 0.143. The number of Topliss-reactive ketones (excluding diaryl/α,β-unsaturated/α-hetero) is 1. The van der Waals surface area contributed by atoms with Crippen LogP contribution in [0.2, 0.25) is 0 Å². The quantitative estimate of drug-likeness (QED) is 0.535. The molecule has 0 aliphatic carbocycles. The highest BCUT2D eigenvalue weighted by atomic mass is 35.5. The lowest BCUT2D eigenvalue weighted by Crippen LogP contribution is -3.00. The SMILES string of the molecule is CC(=O)c1ccc[n+](Cc2ccc(F)cc2)c1.[Cl-]. The van der Waals surface area contributed by atoms with Crippen LogP contribution in [-0.4, -0.2) is 5.78 Å². The topological polar surface area (TPSA) is 20.9 Å². The highest BCUT2D eigenvalue weighted by molar-refractivity contribution is 5.93. The van der Waals surface area contributed by atoms with Gasteiger partial charge in [0.1, 0.15) is 5.82 Å². The van der Waals surface area contributed by atoms with Gasteiger partial charge in [-0.3, -0.25) is 4.79 Å². The van der Waals surface area contributed by atoms with Crippen LogP contribution in [0, 0.1) is 5.82 Å². The molecule has 0 saturated carbocycles. The van der Waals surface area contributed by atoms with Crippen molar-refractivity contribution in [2.75, 3.05) is 0 Å². The second-order valence-electron chi connectivity index (χ2n) is 3.95. The number of hydrogen-bond donors (Lipinski definition) is 0. The van der Waals surface area contributed by atoms with E-state index in [1.54, 1.807) is 24.4 Å². The third kappa shape index (κ3) is 3.64. The smallest absolute Gasteiger partial charge is 0.179 e. The van der Waals surface area contributed by atoms with Gasteiger partial charge in [0.2, 0.25) is 0 Å². The van der Waals surface area contributed by atoms with Crippen molar-refractivity contribution in [1.29, 1.82) is 0 Å². The molecule has 2 aromatic rings. The number of hydrogen-bond acceptors (Lipinski definition) is 1. The van der Waals surface area contributed by atoms with Gasteiger partial charge in [-0.25, -0.2) is 8.96 Å². The normalized spacial score (nSPS) is 9.67. The molecule has 0 saturated heterocycles. The van der Waals surface area contributed by atoms with Crippen molar-refractivity contribution in [3.63, 3.8) is 0 Å². The fourth-order valence-corrected chi connectivity index (χ4v) is 1.63. The Kier molecular flexibility index (Phi) is 4.98. The zero-order valence-electron chi connectivity index (χ0n) is 9.94. The van der Waals surface area contributed by atoms with E-state index in [1.165, 1.54) is 19.1 Å². The molecule has 0 aliphatic heterocycles. The van der Waals surface area contributed by atoms with Crippen molar-refractivity contribution in [1.82, 2.24) is 0 Å². The van der Waals surface area contributed by atoms with Crippen molar-refractivity contribution in [2.45, 2.75) is 13.5 Å². The minimum absolute atomic E-state index is 0. The standard InChI is InChI=1S/C14H13FNO.ClH/c1-11(17)13-3-2-8-16(10-13)9-12-4-6-14(15)7-5-12;/h2-8,10H,9H2,1H3;1H/q+1;/p-1. The summed E-state index contributed by atoms with van der Waals surface area (Å²) in [7, 11) is 0. The number of ketones is 1. The van der Waals surface area contributed by atoms with Crippen LogP contribution in [0.4, 0.5) is 4.39 Å². The average Bonchev–Trinajstić information content (AvgIpc) is 2.32. The van der Waals surface area contributed by atoms with Crippen molar-refractivity contribution >= 4 is 5.78 Å². The molecule has 0 aliphatic rings. The minimum Gasteiger partial charge on any atom is -1.00 e. The third-order valence-corrected chi connectivity index (χ3v) is 2.54. The van der Waals surface area contributed by atoms with Crippen LogP contribution in [0.25, 0.3) is 0 Å². The average molecular weight is 266 g/mol. The van der Waals surface area contributed by atoms with Gasteiger partial charge in [0.15, 0.2) is 24.7 Å². The van der Waals surface area contributed by atoms with E-state index in [9.17, 15) is 9.18 Å². The molecular weight excluding hydrogens is 253 g/mol. The van der Waals surface area contributed by atoms with Crippen LogP contribution in [0.15, 0.2) is 48.8 Å². The first-order chi connectivity index (χ1) is 8.15. The van der Waals surface area contributed by atoms with Crippen LogP contribution in [0.1, 0.15) is 22.8 Å². The maximum atomic E-state index is 12.7. The number of carbonyl (C=O) groups excluding carboxylic acids is 1. The molecule has 0 unspecified atom stereocenters. The van der Waals surface area contributed by atoms with Crippen molar-refractivity contribution in [3.8, 4) is 0 Å². The van der Waals surface area contributed by atoms with Gasteiger partial charge in [0.25, 0.3) is 0 Å². The highest BCUT2D eigenvalue weighted by Crippen LogP contribution is 2.02. The molecule has 1 aromatic heterocycles. The van der Waals surface area contributed by atoms with Gasteiger partial charge in [-0.05, 0) is 37.3 Å². The lowest BCUT2D eigenvalue weighted by molar-refractivity contribution is -0.688. The Bertz CT molecular complexity index is 540. The molecular formula is C14H13ClFNO. The van der Waals surface area contributed by atoms with E-state index in [0.717, 1.165) is 5.56 Å². The molecule has 0 amide bonds. The molecule has 94 valence electrons. The number of halogens is 2. The highest BCUT2D eigenvalue weighted by Gasteiger charge is 2.07. The number of nitrogens with zero attached hydrogens (tertiary/aromatic N) is 1. The summed E-state index contributed by atoms with van der Waals surface area (Å²) in [6.07, 6.45) is 3.68. The second-order valence-corrected chi connectivity index (χ2v) is 3.95. The van der Waals surface area contributed by atoms with Gasteiger partial charge < -0.3 is 12.4 Å². The summed E-state index contributed by atoms with van der Waals surface area (Å²) in [6.45, 7) is 2.17. The molecule has 2 nitrogen and oxygen atoms in total. The van der Waals surface area contributed by atoms with Gasteiger partial charge in [-0.1, -0.05) is 0 Å². The van der Waals surface area contributed by atoms with E-state index in [2.05, 4.69) is 0 Å². The molecule has 0 radical (unpaired) electrons. The molecule has 0 atom stereocenters. The van der Waals surface area contributed by atoms with Gasteiger partial charge in [-0.15, -0.1) is 0 Å². The number of benzene rings is 1. The Hall–Kier alpha value is -1.74. The van der Waals surface area contributed by atoms with Crippen molar-refractivity contribution < 1.29 is 26.2 Å². The van der Waals surface area contributed by atoms with Crippen molar-refractivity contribution in [2.24, 2.45) is 0 Å². The van der Waals surface area contributed by atoms with Gasteiger partial charge >= 0.3 is 0 Å². The molecule has 1 aromatic carbocycles. The summed E-state index contributed by atoms with van der Waals surface area (Å²) in [6, 6.07) is 9.96. The maximum Gasteiger partial charge on any atom is 0.179 e. The molecule has 0 spiro atoms. The van der Waals surface area contributed by atoms with Crippen LogP contribution in [-0.2, 0) is 6.54 Å². The third-order valence-electron chi connectivity index (χ3n) is 2.54. The predicted octanol–water partition coefficient (Wildman–Crippen LogP) is -0.632.